The van der Waals surface area contributed by atoms with E-state index in [0.717, 1.165) is 11.3 Å². The van der Waals surface area contributed by atoms with E-state index in [1.54, 1.807) is 18.2 Å². The summed E-state index contributed by atoms with van der Waals surface area (Å²) in [5.74, 6) is -0.0629. The highest BCUT2D eigenvalue weighted by Gasteiger charge is 2.18. The van der Waals surface area contributed by atoms with E-state index in [9.17, 15) is 4.79 Å². The number of halogens is 1. The molecule has 1 atom stereocenters. The smallest absolute Gasteiger partial charge is 0.169 e. The molecule has 2 aromatic carbocycles. The lowest BCUT2D eigenvalue weighted by molar-refractivity contribution is 0.0942. The lowest BCUT2D eigenvalue weighted by atomic mass is 9.94. The van der Waals surface area contributed by atoms with E-state index in [0.29, 0.717) is 23.6 Å². The van der Waals surface area contributed by atoms with Crippen LogP contribution in [0.3, 0.4) is 0 Å². The fourth-order valence-corrected chi connectivity index (χ4v) is 2.82. The van der Waals surface area contributed by atoms with Crippen molar-refractivity contribution >= 4 is 29.2 Å². The van der Waals surface area contributed by atoms with Crippen LogP contribution in [-0.4, -0.2) is 18.0 Å². The van der Waals surface area contributed by atoms with Crippen molar-refractivity contribution in [2.24, 2.45) is 10.9 Å². The van der Waals surface area contributed by atoms with Gasteiger partial charge in [-0.25, -0.2) is 0 Å². The molecule has 1 heterocycles. The number of hydrogen-bond donors (Lipinski definition) is 0. The second kappa shape index (κ2) is 7.89. The van der Waals surface area contributed by atoms with Crippen LogP contribution in [0.2, 0.25) is 5.02 Å². The van der Waals surface area contributed by atoms with Crippen LogP contribution in [0.5, 0.6) is 0 Å². The van der Waals surface area contributed by atoms with Gasteiger partial charge >= 0.3 is 0 Å². The zero-order valence-corrected chi connectivity index (χ0v) is 14.0. The number of allylic oxidation sites excluding steroid dienone is 3. The fourth-order valence-electron chi connectivity index (χ4n) is 2.62. The van der Waals surface area contributed by atoms with Crippen molar-refractivity contribution in [3.63, 3.8) is 0 Å². The monoisotopic (exact) mass is 335 g/mol. The second-order valence-corrected chi connectivity index (χ2v) is 6.12. The maximum atomic E-state index is 12.6. The highest BCUT2D eigenvalue weighted by Crippen LogP contribution is 2.19. The van der Waals surface area contributed by atoms with E-state index in [2.05, 4.69) is 4.99 Å². The van der Waals surface area contributed by atoms with Crippen molar-refractivity contribution in [3.05, 3.63) is 89.0 Å². The van der Waals surface area contributed by atoms with Crippen LogP contribution in [-0.2, 0) is 0 Å². The van der Waals surface area contributed by atoms with E-state index < -0.39 is 0 Å². The zero-order valence-electron chi connectivity index (χ0n) is 13.2. The number of ketones is 1. The first-order valence-electron chi connectivity index (χ1n) is 7.98. The summed E-state index contributed by atoms with van der Waals surface area (Å²) in [5, 5.41) is 0.584. The molecule has 0 fully saturated rings. The average molecular weight is 336 g/mol. The first kappa shape index (κ1) is 16.4. The molecular weight excluding hydrogens is 318 g/mol. The van der Waals surface area contributed by atoms with Crippen molar-refractivity contribution in [2.75, 3.05) is 6.54 Å². The van der Waals surface area contributed by atoms with Crippen LogP contribution >= 0.6 is 11.6 Å². The molecule has 1 unspecified atom stereocenters. The summed E-state index contributed by atoms with van der Waals surface area (Å²) in [6, 6.07) is 17.2. The number of carbonyl (C=O) groups is 1. The Labute approximate surface area is 147 Å². The third-order valence-corrected chi connectivity index (χ3v) is 4.16. The second-order valence-electron chi connectivity index (χ2n) is 5.68. The van der Waals surface area contributed by atoms with Gasteiger partial charge in [-0.15, -0.1) is 0 Å². The molecule has 1 aliphatic rings. The molecule has 0 amide bonds. The summed E-state index contributed by atoms with van der Waals surface area (Å²) >= 11 is 5.98. The van der Waals surface area contributed by atoms with Gasteiger partial charge in [-0.3, -0.25) is 9.79 Å². The number of aliphatic imine (C=N–C) groups is 1. The first-order chi connectivity index (χ1) is 11.7. The third-order valence-electron chi connectivity index (χ3n) is 3.93. The molecule has 0 spiro atoms. The number of rotatable bonds is 4. The molecule has 120 valence electrons. The van der Waals surface area contributed by atoms with Crippen molar-refractivity contribution in [3.8, 4) is 0 Å². The average Bonchev–Trinajstić information content (AvgIpc) is 2.86. The SMILES string of the molecule is O=C(c1cccc(Cl)c1)C1C=CC(/C=C/c2ccccc2)=NCC1. The van der Waals surface area contributed by atoms with E-state index in [4.69, 9.17) is 11.6 Å². The van der Waals surface area contributed by atoms with Gasteiger partial charge in [0.1, 0.15) is 0 Å². The van der Waals surface area contributed by atoms with Crippen LogP contribution < -0.4 is 0 Å². The summed E-state index contributed by atoms with van der Waals surface area (Å²) in [4.78, 5) is 17.2. The predicted octanol–water partition coefficient (Wildman–Crippen LogP) is 5.25. The molecule has 0 N–H and O–H groups in total. The molecule has 1 aliphatic heterocycles. The highest BCUT2D eigenvalue weighted by molar-refractivity contribution is 6.31. The van der Waals surface area contributed by atoms with Crippen LogP contribution in [0.15, 0.2) is 77.8 Å². The van der Waals surface area contributed by atoms with E-state index in [1.165, 1.54) is 0 Å². The van der Waals surface area contributed by atoms with Gasteiger partial charge in [0.2, 0.25) is 0 Å². The largest absolute Gasteiger partial charge is 0.294 e. The van der Waals surface area contributed by atoms with E-state index in [-0.39, 0.29) is 11.7 Å². The van der Waals surface area contributed by atoms with Crippen molar-refractivity contribution in [1.29, 1.82) is 0 Å². The topological polar surface area (TPSA) is 29.4 Å². The number of nitrogens with zero attached hydrogens (tertiary/aromatic N) is 1. The van der Waals surface area contributed by atoms with Crippen molar-refractivity contribution in [1.82, 2.24) is 0 Å². The highest BCUT2D eigenvalue weighted by atomic mass is 35.5. The lowest BCUT2D eigenvalue weighted by Crippen LogP contribution is -2.13. The lowest BCUT2D eigenvalue weighted by Gasteiger charge is -2.09. The molecule has 24 heavy (non-hydrogen) atoms. The summed E-state index contributed by atoms with van der Waals surface area (Å²) in [7, 11) is 0. The van der Waals surface area contributed by atoms with Gasteiger partial charge in [0.05, 0.1) is 5.71 Å². The Morgan fingerprint density at radius 3 is 2.71 bits per heavy atom. The summed E-state index contributed by atoms with van der Waals surface area (Å²) < 4.78 is 0. The minimum atomic E-state index is -0.158. The summed E-state index contributed by atoms with van der Waals surface area (Å²) in [5.41, 5.74) is 2.67. The molecule has 3 rings (SSSR count). The molecule has 0 bridgehead atoms. The Morgan fingerprint density at radius 1 is 1.08 bits per heavy atom. The van der Waals surface area contributed by atoms with Gasteiger partial charge in [0.15, 0.2) is 5.78 Å². The Bertz CT molecular complexity index is 806. The fraction of sp³-hybridized carbons (Fsp3) is 0.143. The number of benzene rings is 2. The molecule has 0 aliphatic carbocycles. The van der Waals surface area contributed by atoms with E-state index in [1.807, 2.05) is 60.7 Å². The molecule has 0 saturated heterocycles. The Hall–Kier alpha value is -2.45. The Balaban J connectivity index is 1.70. The van der Waals surface area contributed by atoms with Crippen LogP contribution in [0, 0.1) is 5.92 Å². The molecule has 2 aromatic rings. The predicted molar refractivity (Wildman–Crippen MR) is 101 cm³/mol. The molecule has 0 aromatic heterocycles. The normalized spacial score (nSPS) is 17.5. The van der Waals surface area contributed by atoms with E-state index >= 15 is 0 Å². The zero-order chi connectivity index (χ0) is 16.8. The molecular formula is C21H18ClNO. The Morgan fingerprint density at radius 2 is 1.92 bits per heavy atom. The molecule has 0 saturated carbocycles. The van der Waals surface area contributed by atoms with Crippen molar-refractivity contribution in [2.45, 2.75) is 6.42 Å². The third kappa shape index (κ3) is 4.30. The van der Waals surface area contributed by atoms with Gasteiger partial charge in [0.25, 0.3) is 0 Å². The van der Waals surface area contributed by atoms with Gasteiger partial charge in [-0.05, 0) is 36.3 Å². The number of hydrogen-bond acceptors (Lipinski definition) is 2. The molecule has 2 nitrogen and oxygen atoms in total. The van der Waals surface area contributed by atoms with Crippen LogP contribution in [0.4, 0.5) is 0 Å². The first-order valence-corrected chi connectivity index (χ1v) is 8.36. The van der Waals surface area contributed by atoms with Gasteiger partial charge in [0, 0.05) is 23.0 Å². The van der Waals surface area contributed by atoms with Gasteiger partial charge in [-0.1, -0.05) is 66.2 Å². The summed E-state index contributed by atoms with van der Waals surface area (Å²) in [6.07, 6.45) is 8.61. The molecule has 0 radical (unpaired) electrons. The quantitative estimate of drug-likeness (QED) is 0.701. The van der Waals surface area contributed by atoms with Gasteiger partial charge < -0.3 is 0 Å². The number of Topliss-reactive ketones (excluding diaryl/α,β-unsaturated/α-hetero) is 1. The maximum absolute atomic E-state index is 12.6. The van der Waals surface area contributed by atoms with Gasteiger partial charge in [-0.2, -0.15) is 0 Å². The molecule has 3 heteroatoms. The Kier molecular flexibility index (Phi) is 5.39. The minimum Gasteiger partial charge on any atom is -0.294 e. The van der Waals surface area contributed by atoms with Crippen LogP contribution in [0.25, 0.3) is 6.08 Å². The van der Waals surface area contributed by atoms with Crippen LogP contribution in [0.1, 0.15) is 22.3 Å². The van der Waals surface area contributed by atoms with Crippen molar-refractivity contribution < 1.29 is 4.79 Å². The maximum Gasteiger partial charge on any atom is 0.169 e. The minimum absolute atomic E-state index is 0.0947. The standard InChI is InChI=1S/C21H18ClNO/c22-19-8-4-7-18(15-19)21(24)17-10-12-20(23-14-13-17)11-9-16-5-2-1-3-6-16/h1-12,15,17H,13-14H2/b11-9+. The number of carbonyl (C=O) groups excluding carboxylic acids is 1. The summed E-state index contributed by atoms with van der Waals surface area (Å²) in [6.45, 7) is 0.637.